The maximum atomic E-state index is 11.6. The predicted octanol–water partition coefficient (Wildman–Crippen LogP) is 5.06. The molecule has 1 aromatic carbocycles. The molecule has 5 nitrogen and oxygen atoms in total. The maximum Gasteiger partial charge on any atom is 0.309 e. The van der Waals surface area contributed by atoms with Crippen LogP contribution in [0, 0.1) is 18.8 Å². The van der Waals surface area contributed by atoms with E-state index in [4.69, 9.17) is 9.73 Å². The molecule has 1 aromatic rings. The average molecular weight is 378 g/mol. The topological polar surface area (TPSA) is 63.1 Å². The largest absolute Gasteiger partial charge is 0.454 e. The highest BCUT2D eigenvalue weighted by atomic mass is 32.2. The number of ether oxygens (including phenoxy) is 1. The van der Waals surface area contributed by atoms with E-state index in [1.165, 1.54) is 17.3 Å². The summed E-state index contributed by atoms with van der Waals surface area (Å²) in [5, 5.41) is 4.84. The Morgan fingerprint density at radius 1 is 1.31 bits per heavy atom. The Bertz CT molecular complexity index is 640. The zero-order valence-corrected chi connectivity index (χ0v) is 17.5. The molecular formula is C20H31N3O2S. The number of hydrazone groups is 1. The van der Waals surface area contributed by atoms with E-state index in [0.717, 1.165) is 24.1 Å². The Hall–Kier alpha value is -1.82. The Morgan fingerprint density at radius 2 is 2.04 bits per heavy atom. The first kappa shape index (κ1) is 22.2. The zero-order chi connectivity index (χ0) is 19.5. The third-order valence-corrected chi connectivity index (χ3v) is 4.07. The number of hydrogen-bond acceptors (Lipinski definition) is 5. The minimum absolute atomic E-state index is 0.143. The summed E-state index contributed by atoms with van der Waals surface area (Å²) < 4.78 is 5.25. The second-order valence-electron chi connectivity index (χ2n) is 6.81. The highest BCUT2D eigenvalue weighted by molar-refractivity contribution is 8.13. The van der Waals surface area contributed by atoms with Crippen molar-refractivity contribution in [3.05, 3.63) is 29.3 Å². The Balaban J connectivity index is 2.97. The standard InChI is InChI=1S/C20H31N3O2S/c1-7-8-17-10-9-16(6)11-18(17)22-20(23-21-12-14(2)3)26-13-25-19(24)15(4)5/h9-12,14-15H,7-8,13H2,1-6H3,(H,22,23)/b21-12+. The lowest BCUT2D eigenvalue weighted by Crippen LogP contribution is -2.18. The second kappa shape index (κ2) is 11.7. The summed E-state index contributed by atoms with van der Waals surface area (Å²) in [6.07, 6.45) is 3.84. The monoisotopic (exact) mass is 377 g/mol. The van der Waals surface area contributed by atoms with E-state index < -0.39 is 0 Å². The summed E-state index contributed by atoms with van der Waals surface area (Å²) in [6, 6.07) is 6.29. The molecule has 1 N–H and O–H groups in total. The quantitative estimate of drug-likeness (QED) is 0.226. The minimum Gasteiger partial charge on any atom is -0.454 e. The van der Waals surface area contributed by atoms with E-state index in [0.29, 0.717) is 11.1 Å². The van der Waals surface area contributed by atoms with Crippen molar-refractivity contribution in [3.8, 4) is 0 Å². The number of carbonyl (C=O) groups is 1. The number of nitrogens with zero attached hydrogens (tertiary/aromatic N) is 2. The molecule has 0 spiro atoms. The van der Waals surface area contributed by atoms with E-state index in [2.05, 4.69) is 56.4 Å². The van der Waals surface area contributed by atoms with Gasteiger partial charge in [-0.2, -0.15) is 5.10 Å². The highest BCUT2D eigenvalue weighted by Crippen LogP contribution is 2.24. The van der Waals surface area contributed by atoms with Gasteiger partial charge >= 0.3 is 5.97 Å². The summed E-state index contributed by atoms with van der Waals surface area (Å²) >= 11 is 1.33. The van der Waals surface area contributed by atoms with Gasteiger partial charge in [0.25, 0.3) is 0 Å². The van der Waals surface area contributed by atoms with Crippen molar-refractivity contribution in [2.45, 2.75) is 54.4 Å². The molecule has 0 saturated carbocycles. The summed E-state index contributed by atoms with van der Waals surface area (Å²) in [5.41, 5.74) is 6.27. The molecule has 6 heteroatoms. The van der Waals surface area contributed by atoms with Gasteiger partial charge in [0.1, 0.15) is 5.94 Å². The van der Waals surface area contributed by atoms with Crippen molar-refractivity contribution in [3.63, 3.8) is 0 Å². The molecule has 0 saturated heterocycles. The summed E-state index contributed by atoms with van der Waals surface area (Å²) in [5.74, 6) is 0.178. The minimum atomic E-state index is -0.218. The molecule has 0 radical (unpaired) electrons. The normalized spacial score (nSPS) is 12.2. The molecule has 0 aliphatic rings. The van der Waals surface area contributed by atoms with Gasteiger partial charge in [-0.3, -0.25) is 10.2 Å². The fraction of sp³-hybridized carbons (Fsp3) is 0.550. The fourth-order valence-corrected chi connectivity index (χ4v) is 2.58. The molecule has 0 aliphatic heterocycles. The zero-order valence-electron chi connectivity index (χ0n) is 16.7. The molecule has 0 bridgehead atoms. The van der Waals surface area contributed by atoms with Gasteiger partial charge in [0, 0.05) is 6.21 Å². The van der Waals surface area contributed by atoms with Gasteiger partial charge in [-0.1, -0.05) is 53.2 Å². The van der Waals surface area contributed by atoms with Crippen LogP contribution >= 0.6 is 11.8 Å². The van der Waals surface area contributed by atoms with E-state index in [1.807, 2.05) is 20.1 Å². The molecule has 26 heavy (non-hydrogen) atoms. The van der Waals surface area contributed by atoms with E-state index >= 15 is 0 Å². The summed E-state index contributed by atoms with van der Waals surface area (Å²) in [7, 11) is 0. The van der Waals surface area contributed by atoms with E-state index in [1.54, 1.807) is 0 Å². The molecule has 0 amide bonds. The number of carbonyl (C=O) groups excluding carboxylic acids is 1. The van der Waals surface area contributed by atoms with Crippen LogP contribution in [0.2, 0.25) is 0 Å². The summed E-state index contributed by atoms with van der Waals surface area (Å²) in [6.45, 7) is 11.9. The van der Waals surface area contributed by atoms with Crippen molar-refractivity contribution < 1.29 is 9.53 Å². The van der Waals surface area contributed by atoms with Gasteiger partial charge in [-0.15, -0.1) is 0 Å². The van der Waals surface area contributed by atoms with Crippen molar-refractivity contribution in [2.24, 2.45) is 21.9 Å². The molecule has 0 aromatic heterocycles. The first-order valence-corrected chi connectivity index (χ1v) is 10.1. The smallest absolute Gasteiger partial charge is 0.309 e. The number of benzene rings is 1. The third-order valence-electron chi connectivity index (χ3n) is 3.38. The SMILES string of the molecule is CCCc1ccc(C)cc1N=C(N/N=C/C(C)C)SCOC(=O)C(C)C. The number of esters is 1. The second-order valence-corrected chi connectivity index (χ2v) is 7.72. The molecule has 0 atom stereocenters. The lowest BCUT2D eigenvalue weighted by atomic mass is 10.1. The number of thioether (sulfide) groups is 1. The molecule has 0 heterocycles. The molecular weight excluding hydrogens is 346 g/mol. The van der Waals surface area contributed by atoms with Crippen LogP contribution in [0.4, 0.5) is 5.69 Å². The first-order chi connectivity index (χ1) is 12.3. The predicted molar refractivity (Wildman–Crippen MR) is 112 cm³/mol. The van der Waals surface area contributed by atoms with E-state index in [-0.39, 0.29) is 17.8 Å². The molecule has 0 aliphatic carbocycles. The molecule has 1 rings (SSSR count). The lowest BCUT2D eigenvalue weighted by molar-refractivity contribution is -0.144. The number of rotatable bonds is 8. The highest BCUT2D eigenvalue weighted by Gasteiger charge is 2.10. The van der Waals surface area contributed by atoms with Crippen molar-refractivity contribution in [1.82, 2.24) is 5.43 Å². The number of aliphatic imine (C=N–C) groups is 1. The van der Waals surface area contributed by atoms with E-state index in [9.17, 15) is 4.79 Å². The third kappa shape index (κ3) is 8.52. The Labute approximate surface area is 161 Å². The van der Waals surface area contributed by atoms with Crippen molar-refractivity contribution >= 4 is 34.8 Å². The van der Waals surface area contributed by atoms with Crippen LogP contribution in [-0.4, -0.2) is 23.3 Å². The Morgan fingerprint density at radius 3 is 2.65 bits per heavy atom. The van der Waals surface area contributed by atoms with Gasteiger partial charge in [0.15, 0.2) is 5.17 Å². The van der Waals surface area contributed by atoms with Crippen molar-refractivity contribution in [2.75, 3.05) is 5.94 Å². The van der Waals surface area contributed by atoms with Gasteiger partial charge in [-0.25, -0.2) is 4.99 Å². The van der Waals surface area contributed by atoms with Gasteiger partial charge in [-0.05, 0) is 48.2 Å². The van der Waals surface area contributed by atoms with Crippen LogP contribution in [0.3, 0.4) is 0 Å². The number of hydrogen-bond donors (Lipinski definition) is 1. The van der Waals surface area contributed by atoms with Crippen LogP contribution in [0.1, 0.15) is 52.2 Å². The Kier molecular flexibility index (Phi) is 10.0. The lowest BCUT2D eigenvalue weighted by Gasteiger charge is -2.11. The fourth-order valence-electron chi connectivity index (χ4n) is 2.01. The molecule has 144 valence electrons. The molecule has 0 fully saturated rings. The van der Waals surface area contributed by atoms with Crippen LogP contribution in [0.15, 0.2) is 28.3 Å². The van der Waals surface area contributed by atoms with Gasteiger partial charge in [0.2, 0.25) is 0 Å². The number of aryl methyl sites for hydroxylation is 2. The van der Waals surface area contributed by atoms with Crippen LogP contribution in [0.25, 0.3) is 0 Å². The average Bonchev–Trinajstić information content (AvgIpc) is 2.56. The maximum absolute atomic E-state index is 11.6. The number of amidine groups is 1. The number of nitrogens with one attached hydrogen (secondary N) is 1. The summed E-state index contributed by atoms with van der Waals surface area (Å²) in [4.78, 5) is 16.4. The van der Waals surface area contributed by atoms with Gasteiger partial charge in [0.05, 0.1) is 11.6 Å². The van der Waals surface area contributed by atoms with Crippen LogP contribution < -0.4 is 5.43 Å². The van der Waals surface area contributed by atoms with Crippen molar-refractivity contribution in [1.29, 1.82) is 0 Å². The van der Waals surface area contributed by atoms with Crippen LogP contribution in [0.5, 0.6) is 0 Å². The van der Waals surface area contributed by atoms with Gasteiger partial charge < -0.3 is 4.74 Å². The first-order valence-electron chi connectivity index (χ1n) is 9.10. The van der Waals surface area contributed by atoms with Crippen LogP contribution in [-0.2, 0) is 16.0 Å². The molecule has 0 unspecified atom stereocenters.